The maximum absolute atomic E-state index is 11.7. The lowest BCUT2D eigenvalue weighted by Crippen LogP contribution is -2.19. The predicted molar refractivity (Wildman–Crippen MR) is 99.5 cm³/mol. The highest BCUT2D eigenvalue weighted by Crippen LogP contribution is 2.30. The van der Waals surface area contributed by atoms with Crippen LogP contribution in [0.15, 0.2) is 57.4 Å². The monoisotopic (exact) mass is 374 g/mol. The molecular formula is C18H15ClN2O3S. The number of carbonyl (C=O) groups excluding carboxylic acids is 1. The number of methoxy groups -OCH3 is 1. The van der Waals surface area contributed by atoms with Gasteiger partial charge >= 0.3 is 0 Å². The zero-order chi connectivity index (χ0) is 17.6. The summed E-state index contributed by atoms with van der Waals surface area (Å²) in [6.45, 7) is 0. The number of hydrogen-bond acceptors (Lipinski definition) is 5. The molecule has 3 aromatic rings. The number of amides is 1. The number of rotatable bonds is 6. The van der Waals surface area contributed by atoms with Gasteiger partial charge in [0.05, 0.1) is 24.8 Å². The summed E-state index contributed by atoms with van der Waals surface area (Å²) >= 11 is 7.66. The third-order valence-electron chi connectivity index (χ3n) is 3.36. The van der Waals surface area contributed by atoms with E-state index in [2.05, 4.69) is 10.5 Å². The van der Waals surface area contributed by atoms with Crippen molar-refractivity contribution in [2.45, 2.75) is 6.42 Å². The lowest BCUT2D eigenvalue weighted by molar-refractivity contribution is -0.120. The highest BCUT2D eigenvalue weighted by molar-refractivity contribution is 7.10. The number of hydrogen-bond donors (Lipinski definition) is 1. The summed E-state index contributed by atoms with van der Waals surface area (Å²) in [5.74, 6) is 1.61. The molecule has 7 heteroatoms. The van der Waals surface area contributed by atoms with Crippen molar-refractivity contribution in [1.29, 1.82) is 0 Å². The first-order valence-electron chi connectivity index (χ1n) is 7.44. The van der Waals surface area contributed by atoms with Crippen LogP contribution in [0.1, 0.15) is 10.6 Å². The Morgan fingerprint density at radius 1 is 1.36 bits per heavy atom. The van der Waals surface area contributed by atoms with Crippen molar-refractivity contribution in [2.24, 2.45) is 5.10 Å². The molecule has 0 spiro atoms. The van der Waals surface area contributed by atoms with Crippen molar-refractivity contribution in [3.8, 4) is 17.1 Å². The smallest absolute Gasteiger partial charge is 0.245 e. The SMILES string of the molecule is COc1ccc(-c2ccc(/C=N\NC(=O)Cc3cccs3)o2)cc1Cl. The first-order chi connectivity index (χ1) is 12.2. The second kappa shape index (κ2) is 8.00. The van der Waals surface area contributed by atoms with E-state index in [0.717, 1.165) is 10.4 Å². The molecule has 0 saturated carbocycles. The van der Waals surface area contributed by atoms with Crippen molar-refractivity contribution >= 4 is 35.1 Å². The Morgan fingerprint density at radius 3 is 2.96 bits per heavy atom. The van der Waals surface area contributed by atoms with Gasteiger partial charge < -0.3 is 9.15 Å². The van der Waals surface area contributed by atoms with Crippen molar-refractivity contribution in [1.82, 2.24) is 5.43 Å². The molecule has 0 atom stereocenters. The number of nitrogens with zero attached hydrogens (tertiary/aromatic N) is 1. The number of ether oxygens (including phenoxy) is 1. The minimum absolute atomic E-state index is 0.174. The van der Waals surface area contributed by atoms with Crippen LogP contribution in [-0.4, -0.2) is 19.2 Å². The summed E-state index contributed by atoms with van der Waals surface area (Å²) in [6.07, 6.45) is 1.77. The van der Waals surface area contributed by atoms with Gasteiger partial charge in [0, 0.05) is 10.4 Å². The van der Waals surface area contributed by atoms with Gasteiger partial charge in [-0.2, -0.15) is 5.10 Å². The number of thiophene rings is 1. The first-order valence-corrected chi connectivity index (χ1v) is 8.69. The second-order valence-corrected chi connectivity index (χ2v) is 6.54. The molecule has 128 valence electrons. The quantitative estimate of drug-likeness (QED) is 0.515. The average Bonchev–Trinajstić information content (AvgIpc) is 3.27. The molecular weight excluding hydrogens is 360 g/mol. The summed E-state index contributed by atoms with van der Waals surface area (Å²) < 4.78 is 10.8. The fraction of sp³-hybridized carbons (Fsp3) is 0.111. The van der Waals surface area contributed by atoms with Crippen molar-refractivity contribution in [3.05, 3.63) is 63.5 Å². The van der Waals surface area contributed by atoms with E-state index in [4.69, 9.17) is 20.8 Å². The lowest BCUT2D eigenvalue weighted by atomic mass is 10.2. The fourth-order valence-corrected chi connectivity index (χ4v) is 3.14. The standard InChI is InChI=1S/C18H15ClN2O3S/c1-23-17-6-4-12(9-15(17)19)16-7-5-13(24-16)11-20-21-18(22)10-14-3-2-8-25-14/h2-9,11H,10H2,1H3,(H,21,22)/b20-11-. The van der Waals surface area contributed by atoms with E-state index in [9.17, 15) is 4.79 Å². The van der Waals surface area contributed by atoms with Gasteiger partial charge in [-0.1, -0.05) is 17.7 Å². The van der Waals surface area contributed by atoms with Crippen LogP contribution in [0.5, 0.6) is 5.75 Å². The van der Waals surface area contributed by atoms with Crippen LogP contribution in [0.4, 0.5) is 0 Å². The Balaban J connectivity index is 1.61. The Labute approximate surface area is 153 Å². The summed E-state index contributed by atoms with van der Waals surface area (Å²) in [6, 6.07) is 12.8. The molecule has 3 rings (SSSR count). The minimum atomic E-state index is -0.174. The number of nitrogens with one attached hydrogen (secondary N) is 1. The summed E-state index contributed by atoms with van der Waals surface area (Å²) in [5, 5.41) is 6.35. The van der Waals surface area contributed by atoms with E-state index in [-0.39, 0.29) is 5.91 Å². The molecule has 1 aromatic carbocycles. The van der Waals surface area contributed by atoms with Crippen LogP contribution in [0.3, 0.4) is 0 Å². The van der Waals surface area contributed by atoms with Gasteiger partial charge in [0.1, 0.15) is 17.3 Å². The zero-order valence-electron chi connectivity index (χ0n) is 13.4. The number of halogens is 1. The van der Waals surface area contributed by atoms with Crippen molar-refractivity contribution < 1.29 is 13.9 Å². The Bertz CT molecular complexity index is 888. The highest BCUT2D eigenvalue weighted by Gasteiger charge is 2.08. The van der Waals surface area contributed by atoms with Crippen LogP contribution in [0.25, 0.3) is 11.3 Å². The Hall–Kier alpha value is -2.57. The van der Waals surface area contributed by atoms with Gasteiger partial charge in [0.15, 0.2) is 0 Å². The molecule has 0 aliphatic carbocycles. The zero-order valence-corrected chi connectivity index (χ0v) is 14.9. The van der Waals surface area contributed by atoms with Gasteiger partial charge in [-0.25, -0.2) is 5.43 Å². The third-order valence-corrected chi connectivity index (χ3v) is 4.53. The van der Waals surface area contributed by atoms with E-state index < -0.39 is 0 Å². The van der Waals surface area contributed by atoms with Crippen molar-refractivity contribution in [3.63, 3.8) is 0 Å². The third kappa shape index (κ3) is 4.49. The molecule has 2 heterocycles. The van der Waals surface area contributed by atoms with E-state index in [0.29, 0.717) is 28.7 Å². The lowest BCUT2D eigenvalue weighted by Gasteiger charge is -2.04. The average molecular weight is 375 g/mol. The van der Waals surface area contributed by atoms with Gasteiger partial charge in [-0.15, -0.1) is 11.3 Å². The highest BCUT2D eigenvalue weighted by atomic mass is 35.5. The summed E-state index contributed by atoms with van der Waals surface area (Å²) in [4.78, 5) is 12.7. The Morgan fingerprint density at radius 2 is 2.24 bits per heavy atom. The number of hydrazone groups is 1. The maximum atomic E-state index is 11.7. The predicted octanol–water partition coefficient (Wildman–Crippen LogP) is 4.36. The molecule has 2 aromatic heterocycles. The largest absolute Gasteiger partial charge is 0.495 e. The maximum Gasteiger partial charge on any atom is 0.245 e. The van der Waals surface area contributed by atoms with Crippen LogP contribution >= 0.6 is 22.9 Å². The summed E-state index contributed by atoms with van der Waals surface area (Å²) in [5.41, 5.74) is 3.31. The molecule has 25 heavy (non-hydrogen) atoms. The van der Waals surface area contributed by atoms with E-state index in [1.807, 2.05) is 29.6 Å². The molecule has 0 fully saturated rings. The molecule has 0 bridgehead atoms. The molecule has 0 unspecified atom stereocenters. The van der Waals surface area contributed by atoms with Gasteiger partial charge in [0.2, 0.25) is 5.91 Å². The minimum Gasteiger partial charge on any atom is -0.495 e. The normalized spacial score (nSPS) is 11.0. The first kappa shape index (κ1) is 17.3. The molecule has 5 nitrogen and oxygen atoms in total. The van der Waals surface area contributed by atoms with Gasteiger partial charge in [-0.05, 0) is 41.8 Å². The molecule has 0 radical (unpaired) electrons. The number of furan rings is 1. The van der Waals surface area contributed by atoms with Gasteiger partial charge in [-0.3, -0.25) is 4.79 Å². The second-order valence-electron chi connectivity index (χ2n) is 5.10. The number of benzene rings is 1. The molecule has 0 saturated heterocycles. The number of carbonyl (C=O) groups is 1. The van der Waals surface area contributed by atoms with Crippen LogP contribution in [-0.2, 0) is 11.2 Å². The summed E-state index contributed by atoms with van der Waals surface area (Å²) in [7, 11) is 1.56. The molecule has 0 aliphatic heterocycles. The van der Waals surface area contributed by atoms with E-state index >= 15 is 0 Å². The fourth-order valence-electron chi connectivity index (χ4n) is 2.18. The topological polar surface area (TPSA) is 63.8 Å². The van der Waals surface area contributed by atoms with Gasteiger partial charge in [0.25, 0.3) is 0 Å². The van der Waals surface area contributed by atoms with E-state index in [1.54, 1.807) is 25.3 Å². The van der Waals surface area contributed by atoms with Crippen LogP contribution < -0.4 is 10.2 Å². The molecule has 1 N–H and O–H groups in total. The van der Waals surface area contributed by atoms with Crippen LogP contribution in [0, 0.1) is 0 Å². The van der Waals surface area contributed by atoms with Crippen LogP contribution in [0.2, 0.25) is 5.02 Å². The molecule has 0 aliphatic rings. The van der Waals surface area contributed by atoms with Crippen molar-refractivity contribution in [2.75, 3.05) is 7.11 Å². The van der Waals surface area contributed by atoms with E-state index in [1.165, 1.54) is 17.6 Å². The molecule has 1 amide bonds. The Kier molecular flexibility index (Phi) is 5.53.